The zero-order chi connectivity index (χ0) is 11.7. The number of carbonyl (C=O) groups is 1. The van der Waals surface area contributed by atoms with Gasteiger partial charge in [-0.15, -0.1) is 0 Å². The molecule has 0 aliphatic rings. The molecule has 84 valence electrons. The third-order valence-electron chi connectivity index (χ3n) is 2.57. The summed E-state index contributed by atoms with van der Waals surface area (Å²) in [5.41, 5.74) is 2.57. The highest BCUT2D eigenvalue weighted by Gasteiger charge is 2.16. The van der Waals surface area contributed by atoms with Gasteiger partial charge < -0.3 is 9.52 Å². The maximum absolute atomic E-state index is 10.7. The lowest BCUT2D eigenvalue weighted by molar-refractivity contribution is -0.141. The molecule has 1 atom stereocenters. The van der Waals surface area contributed by atoms with Gasteiger partial charge in [0.2, 0.25) is 0 Å². The van der Waals surface area contributed by atoms with Crippen molar-refractivity contribution in [2.45, 2.75) is 20.3 Å². The average molecular weight is 219 g/mol. The smallest absolute Gasteiger partial charge is 0.306 e. The van der Waals surface area contributed by atoms with E-state index in [1.54, 1.807) is 6.92 Å². The lowest BCUT2D eigenvalue weighted by Gasteiger charge is -2.00. The van der Waals surface area contributed by atoms with E-state index in [9.17, 15) is 4.79 Å². The van der Waals surface area contributed by atoms with Crippen molar-refractivity contribution in [1.82, 2.24) is 4.98 Å². The van der Waals surface area contributed by atoms with Crippen LogP contribution in [0, 0.1) is 12.8 Å². The Bertz CT molecular complexity index is 530. The maximum atomic E-state index is 10.7. The molecule has 4 nitrogen and oxygen atoms in total. The molecule has 0 saturated carbocycles. The predicted molar refractivity (Wildman–Crippen MR) is 59.2 cm³/mol. The van der Waals surface area contributed by atoms with Crippen LogP contribution in [0.4, 0.5) is 0 Å². The molecule has 0 bridgehead atoms. The maximum Gasteiger partial charge on any atom is 0.306 e. The fraction of sp³-hybridized carbons (Fsp3) is 0.333. The molecule has 1 unspecified atom stereocenters. The number of benzene rings is 1. The SMILES string of the molecule is Cc1cccc2oc(CC(C)C(=O)O)nc12. The van der Waals surface area contributed by atoms with Gasteiger partial charge in [-0.1, -0.05) is 19.1 Å². The number of aryl methyl sites for hydroxylation is 1. The minimum Gasteiger partial charge on any atom is -0.481 e. The van der Waals surface area contributed by atoms with Gasteiger partial charge in [0, 0.05) is 6.42 Å². The van der Waals surface area contributed by atoms with E-state index in [2.05, 4.69) is 4.98 Å². The van der Waals surface area contributed by atoms with E-state index in [4.69, 9.17) is 9.52 Å². The van der Waals surface area contributed by atoms with Crippen molar-refractivity contribution in [1.29, 1.82) is 0 Å². The van der Waals surface area contributed by atoms with Crippen LogP contribution in [-0.2, 0) is 11.2 Å². The number of fused-ring (bicyclic) bond motifs is 1. The third-order valence-corrected chi connectivity index (χ3v) is 2.57. The normalized spacial score (nSPS) is 12.9. The van der Waals surface area contributed by atoms with Gasteiger partial charge in [0.15, 0.2) is 11.5 Å². The molecule has 4 heteroatoms. The molecule has 16 heavy (non-hydrogen) atoms. The summed E-state index contributed by atoms with van der Waals surface area (Å²) >= 11 is 0. The summed E-state index contributed by atoms with van der Waals surface area (Å²) in [5, 5.41) is 8.80. The van der Waals surface area contributed by atoms with E-state index in [1.165, 1.54) is 0 Å². The van der Waals surface area contributed by atoms with Crippen LogP contribution in [0.1, 0.15) is 18.4 Å². The van der Waals surface area contributed by atoms with E-state index >= 15 is 0 Å². The van der Waals surface area contributed by atoms with Crippen LogP contribution >= 0.6 is 0 Å². The van der Waals surface area contributed by atoms with Gasteiger partial charge in [-0.2, -0.15) is 0 Å². The van der Waals surface area contributed by atoms with Gasteiger partial charge in [-0.3, -0.25) is 4.79 Å². The van der Waals surface area contributed by atoms with Gasteiger partial charge in [-0.05, 0) is 18.6 Å². The second kappa shape index (κ2) is 3.96. The number of carboxylic acid groups (broad SMARTS) is 1. The van der Waals surface area contributed by atoms with Crippen molar-refractivity contribution >= 4 is 17.1 Å². The van der Waals surface area contributed by atoms with Crippen LogP contribution in [0.5, 0.6) is 0 Å². The van der Waals surface area contributed by atoms with Gasteiger partial charge in [0.25, 0.3) is 0 Å². The minimum atomic E-state index is -0.834. The molecule has 0 radical (unpaired) electrons. The van der Waals surface area contributed by atoms with Crippen LogP contribution < -0.4 is 0 Å². The molecular weight excluding hydrogens is 206 g/mol. The lowest BCUT2D eigenvalue weighted by Crippen LogP contribution is -2.12. The van der Waals surface area contributed by atoms with Gasteiger partial charge in [0.1, 0.15) is 5.52 Å². The summed E-state index contributed by atoms with van der Waals surface area (Å²) in [7, 11) is 0. The first kappa shape index (κ1) is 10.7. The number of rotatable bonds is 3. The topological polar surface area (TPSA) is 63.3 Å². The molecule has 1 aromatic heterocycles. The van der Waals surface area contributed by atoms with E-state index < -0.39 is 11.9 Å². The molecule has 1 heterocycles. The molecule has 0 fully saturated rings. The van der Waals surface area contributed by atoms with Crippen LogP contribution in [-0.4, -0.2) is 16.1 Å². The molecule has 1 aromatic carbocycles. The molecule has 0 saturated heterocycles. The second-order valence-corrected chi connectivity index (χ2v) is 3.97. The van der Waals surface area contributed by atoms with Crippen molar-refractivity contribution in [2.75, 3.05) is 0 Å². The number of nitrogens with zero attached hydrogens (tertiary/aromatic N) is 1. The van der Waals surface area contributed by atoms with Crippen molar-refractivity contribution in [3.05, 3.63) is 29.7 Å². The summed E-state index contributed by atoms with van der Waals surface area (Å²) in [5.74, 6) is -0.827. The van der Waals surface area contributed by atoms with Crippen molar-refractivity contribution in [3.8, 4) is 0 Å². The Morgan fingerprint density at radius 2 is 2.31 bits per heavy atom. The third kappa shape index (κ3) is 1.91. The summed E-state index contributed by atoms with van der Waals surface area (Å²) in [6.07, 6.45) is 0.323. The molecule has 2 rings (SSSR count). The first-order valence-corrected chi connectivity index (χ1v) is 5.16. The Hall–Kier alpha value is -1.84. The van der Waals surface area contributed by atoms with Crippen molar-refractivity contribution in [2.24, 2.45) is 5.92 Å². The Morgan fingerprint density at radius 1 is 1.56 bits per heavy atom. The highest BCUT2D eigenvalue weighted by atomic mass is 16.4. The predicted octanol–water partition coefficient (Wildman–Crippen LogP) is 2.40. The summed E-state index contributed by atoms with van der Waals surface area (Å²) in [4.78, 5) is 15.0. The highest BCUT2D eigenvalue weighted by Crippen LogP contribution is 2.20. The first-order valence-electron chi connectivity index (χ1n) is 5.16. The quantitative estimate of drug-likeness (QED) is 0.860. The standard InChI is InChI=1S/C12H13NO3/c1-7-4-3-5-9-11(7)13-10(16-9)6-8(2)12(14)15/h3-5,8H,6H2,1-2H3,(H,14,15). The number of aromatic nitrogens is 1. The largest absolute Gasteiger partial charge is 0.481 e. The van der Waals surface area contributed by atoms with Crippen LogP contribution in [0.25, 0.3) is 11.1 Å². The number of aliphatic carboxylic acids is 1. The monoisotopic (exact) mass is 219 g/mol. The van der Waals surface area contributed by atoms with E-state index in [0.717, 1.165) is 11.1 Å². The highest BCUT2D eigenvalue weighted by molar-refractivity contribution is 5.76. The number of oxazole rings is 1. The van der Waals surface area contributed by atoms with E-state index in [1.807, 2.05) is 25.1 Å². The Balaban J connectivity index is 2.33. The summed E-state index contributed by atoms with van der Waals surface area (Å²) in [6, 6.07) is 5.69. The number of carboxylic acids is 1. The zero-order valence-corrected chi connectivity index (χ0v) is 9.23. The summed E-state index contributed by atoms with van der Waals surface area (Å²) in [6.45, 7) is 3.60. The molecule has 0 amide bonds. The Morgan fingerprint density at radius 3 is 2.94 bits per heavy atom. The fourth-order valence-electron chi connectivity index (χ4n) is 1.57. The minimum absolute atomic E-state index is 0.323. The Kier molecular flexibility index (Phi) is 2.64. The number of hydrogen-bond donors (Lipinski definition) is 1. The molecular formula is C12H13NO3. The van der Waals surface area contributed by atoms with Crippen LogP contribution in [0.15, 0.2) is 22.6 Å². The number of para-hydroxylation sites is 1. The van der Waals surface area contributed by atoms with Gasteiger partial charge in [0.05, 0.1) is 5.92 Å². The van der Waals surface area contributed by atoms with Crippen LogP contribution in [0.3, 0.4) is 0 Å². The van der Waals surface area contributed by atoms with Crippen LogP contribution in [0.2, 0.25) is 0 Å². The first-order chi connectivity index (χ1) is 7.58. The average Bonchev–Trinajstić information content (AvgIpc) is 2.61. The summed E-state index contributed by atoms with van der Waals surface area (Å²) < 4.78 is 5.50. The molecule has 0 aliphatic carbocycles. The van der Waals surface area contributed by atoms with E-state index in [-0.39, 0.29) is 0 Å². The van der Waals surface area contributed by atoms with E-state index in [0.29, 0.717) is 17.9 Å². The van der Waals surface area contributed by atoms with Crippen molar-refractivity contribution in [3.63, 3.8) is 0 Å². The van der Waals surface area contributed by atoms with Gasteiger partial charge in [-0.25, -0.2) is 4.98 Å². The number of hydrogen-bond acceptors (Lipinski definition) is 3. The second-order valence-electron chi connectivity index (χ2n) is 3.97. The zero-order valence-electron chi connectivity index (χ0n) is 9.23. The Labute approximate surface area is 92.9 Å². The molecule has 1 N–H and O–H groups in total. The fourth-order valence-corrected chi connectivity index (χ4v) is 1.57. The molecule has 0 aliphatic heterocycles. The molecule has 0 spiro atoms. The lowest BCUT2D eigenvalue weighted by atomic mass is 10.1. The van der Waals surface area contributed by atoms with Crippen molar-refractivity contribution < 1.29 is 14.3 Å². The van der Waals surface area contributed by atoms with Gasteiger partial charge >= 0.3 is 5.97 Å². The molecule has 2 aromatic rings.